The molecular weight excluding hydrogens is 1340 g/mol. The van der Waals surface area contributed by atoms with Crippen LogP contribution < -0.4 is 42.5 Å². The minimum atomic E-state index is -1.44. The molecular formula is C62H112N8O30. The van der Waals surface area contributed by atoms with Crippen molar-refractivity contribution in [3.05, 3.63) is 11.8 Å². The number of likely N-dealkylation sites (N-methyl/N-ethyl adjacent to an activating group) is 1. The van der Waals surface area contributed by atoms with E-state index in [1.807, 2.05) is 0 Å². The first-order chi connectivity index (χ1) is 48.2. The minimum Gasteiger partial charge on any atom is -0.510 e. The maximum atomic E-state index is 13.3. The summed E-state index contributed by atoms with van der Waals surface area (Å²) in [7, 11) is 1.59. The Morgan fingerprint density at radius 2 is 0.770 bits per heavy atom. The van der Waals surface area contributed by atoms with Crippen molar-refractivity contribution in [3.8, 4) is 0 Å². The van der Waals surface area contributed by atoms with Crippen LogP contribution in [-0.2, 0) is 105 Å². The van der Waals surface area contributed by atoms with Crippen LogP contribution in [0.5, 0.6) is 0 Å². The Balaban J connectivity index is 1.40. The zero-order chi connectivity index (χ0) is 73.3. The summed E-state index contributed by atoms with van der Waals surface area (Å²) in [5.41, 5.74) is -1.19. The predicted octanol–water partition coefficient (Wildman–Crippen LogP) is -7.11. The molecule has 0 radical (unpaired) electrons. The number of carbonyl (C=O) groups excluding carboxylic acids is 7. The molecule has 0 aromatic carbocycles. The molecule has 3 heterocycles. The standard InChI is InChI=1S/C62H112N8O30/c1-41(74)67-52-45(77)6-5-44(38-71)98-59(52)95-34-31-92-28-25-89-22-19-86-16-13-64-48(78)7-10-62(70-51(81)37-63-4,11-8-49(79)65-14-17-87-20-23-90-26-29-93-32-35-96-60-53(68-42(2)75)57(84)55(82)46(39-72)99-60)12-9-50(80)66-15-18-88-21-24-91-27-30-94-33-36-97-61-54(69-43(3)76)58(85)56(83)47(40-73)100-61/h6,44,46-47,52-61,63,71-73,77,82-85H,5,7-40H2,1-4H3,(H,64,78)(H,65,79)(H,66,80)(H,67,74)(H,68,75)(H,69,76)(H,70,81)/t44-,46?,47?,52?,53?,54?,55?,56?,57?,58?,59?,60?,61?,62?/m0/s1. The van der Waals surface area contributed by atoms with Crippen LogP contribution in [0.1, 0.15) is 65.7 Å². The molecule has 2 saturated heterocycles. The smallest absolute Gasteiger partial charge is 0.234 e. The maximum absolute atomic E-state index is 13.3. The topological polar surface area (TPSA) is 516 Å². The van der Waals surface area contributed by atoms with Gasteiger partial charge in [-0.2, -0.15) is 0 Å². The van der Waals surface area contributed by atoms with Gasteiger partial charge in [-0.25, -0.2) is 0 Å². The Bertz CT molecular complexity index is 2220. The highest BCUT2D eigenvalue weighted by atomic mass is 16.7. The molecule has 0 aliphatic carbocycles. The van der Waals surface area contributed by atoms with Crippen LogP contribution in [-0.4, -0.2) is 359 Å². The third-order valence-electron chi connectivity index (χ3n) is 15.3. The molecule has 12 unspecified atom stereocenters. The number of nitrogens with one attached hydrogen (secondary N) is 8. The SMILES string of the molecule is CNCC(=O)NC(CCC(=O)NCCOCCOCCOCCOC1O[C@H](CO)CC=C(O)C1NC(C)=O)(CCC(=O)NCCOCCOCCOCCOC1OC(CO)C(O)C(O)C1NC(C)=O)CCC(=O)NCCOCCOCCOCCOC1OC(CO)C(O)C(O)C1NC(C)=O. The first kappa shape index (κ1) is 89.1. The lowest BCUT2D eigenvalue weighted by molar-refractivity contribution is -0.272. The molecule has 0 bridgehead atoms. The summed E-state index contributed by atoms with van der Waals surface area (Å²) >= 11 is 0. The Morgan fingerprint density at radius 1 is 0.440 bits per heavy atom. The van der Waals surface area contributed by atoms with Crippen LogP contribution in [0.4, 0.5) is 0 Å². The van der Waals surface area contributed by atoms with Crippen LogP contribution in [0.3, 0.4) is 0 Å². The summed E-state index contributed by atoms with van der Waals surface area (Å²) in [5.74, 6) is -3.02. The van der Waals surface area contributed by atoms with Gasteiger partial charge in [-0.15, -0.1) is 0 Å². The van der Waals surface area contributed by atoms with Crippen molar-refractivity contribution >= 4 is 41.4 Å². The quantitative estimate of drug-likeness (QED) is 0.0252. The Labute approximate surface area is 582 Å². The number of hydrogen-bond acceptors (Lipinski definition) is 31. The molecule has 3 aliphatic heterocycles. The second-order valence-corrected chi connectivity index (χ2v) is 23.3. The van der Waals surface area contributed by atoms with E-state index in [2.05, 4.69) is 42.5 Å². The third kappa shape index (κ3) is 37.9. The molecule has 13 atom stereocenters. The fraction of sp³-hybridized carbons (Fsp3) is 0.855. The van der Waals surface area contributed by atoms with Crippen LogP contribution in [0.2, 0.25) is 0 Å². The number of aliphatic hydroxyl groups is 8. The highest BCUT2D eigenvalue weighted by Gasteiger charge is 2.47. The number of ether oxygens (including phenoxy) is 15. The fourth-order valence-corrected chi connectivity index (χ4v) is 10.2. The Hall–Kier alpha value is -5.09. The van der Waals surface area contributed by atoms with Gasteiger partial charge in [0.1, 0.15) is 60.5 Å². The van der Waals surface area contributed by atoms with Gasteiger partial charge in [0, 0.05) is 65.2 Å². The number of aliphatic hydroxyl groups excluding tert-OH is 8. The fourth-order valence-electron chi connectivity index (χ4n) is 10.2. The van der Waals surface area contributed by atoms with E-state index in [0.717, 1.165) is 0 Å². The second-order valence-electron chi connectivity index (χ2n) is 23.3. The molecule has 38 heteroatoms. The van der Waals surface area contributed by atoms with Crippen molar-refractivity contribution < 1.29 is 145 Å². The predicted molar refractivity (Wildman–Crippen MR) is 346 cm³/mol. The summed E-state index contributed by atoms with van der Waals surface area (Å²) < 4.78 is 83.8. The lowest BCUT2D eigenvalue weighted by Gasteiger charge is -2.42. The molecule has 3 aliphatic rings. The lowest BCUT2D eigenvalue weighted by Crippen LogP contribution is -2.64. The molecule has 0 spiro atoms. The van der Waals surface area contributed by atoms with Gasteiger partial charge in [-0.1, -0.05) is 0 Å². The van der Waals surface area contributed by atoms with E-state index in [9.17, 15) is 74.4 Å². The van der Waals surface area contributed by atoms with E-state index in [-0.39, 0.29) is 240 Å². The van der Waals surface area contributed by atoms with Crippen molar-refractivity contribution in [2.75, 3.05) is 192 Å². The van der Waals surface area contributed by atoms with Gasteiger partial charge in [-0.3, -0.25) is 33.6 Å². The minimum absolute atomic E-state index is 0.0000586. The summed E-state index contributed by atoms with van der Waals surface area (Å²) in [6.07, 6.45) is -10.3. The zero-order valence-electron chi connectivity index (χ0n) is 57.9. The van der Waals surface area contributed by atoms with Crippen molar-refractivity contribution in [2.24, 2.45) is 0 Å². The number of carbonyl (C=O) groups is 7. The summed E-state index contributed by atoms with van der Waals surface area (Å²) in [6, 6.07) is -3.11. The largest absolute Gasteiger partial charge is 0.510 e. The van der Waals surface area contributed by atoms with Crippen LogP contribution in [0, 0.1) is 0 Å². The normalized spacial score (nSPS) is 24.4. The molecule has 38 nitrogen and oxygen atoms in total. The average molecular weight is 1450 g/mol. The molecule has 7 amide bonds. The molecule has 3 rings (SSSR count). The van der Waals surface area contributed by atoms with Gasteiger partial charge in [0.2, 0.25) is 41.4 Å². The molecule has 2 fully saturated rings. The molecule has 100 heavy (non-hydrogen) atoms. The van der Waals surface area contributed by atoms with E-state index in [1.54, 1.807) is 7.05 Å². The molecule has 0 aromatic rings. The van der Waals surface area contributed by atoms with E-state index >= 15 is 0 Å². The highest BCUT2D eigenvalue weighted by molar-refractivity contribution is 5.81. The first-order valence-corrected chi connectivity index (χ1v) is 33.7. The van der Waals surface area contributed by atoms with E-state index in [0.29, 0.717) is 0 Å². The maximum Gasteiger partial charge on any atom is 0.234 e. The van der Waals surface area contributed by atoms with Gasteiger partial charge in [0.25, 0.3) is 0 Å². The van der Waals surface area contributed by atoms with E-state index in [4.69, 9.17) is 71.1 Å². The summed E-state index contributed by atoms with van der Waals surface area (Å²) in [4.78, 5) is 88.2. The third-order valence-corrected chi connectivity index (χ3v) is 15.3. The van der Waals surface area contributed by atoms with Gasteiger partial charge in [0.05, 0.1) is 171 Å². The highest BCUT2D eigenvalue weighted by Crippen LogP contribution is 2.27. The zero-order valence-corrected chi connectivity index (χ0v) is 57.9. The molecule has 0 aromatic heterocycles. The Morgan fingerprint density at radius 3 is 1.09 bits per heavy atom. The molecule has 0 saturated carbocycles. The van der Waals surface area contributed by atoms with Crippen molar-refractivity contribution in [2.45, 2.75) is 151 Å². The summed E-state index contributed by atoms with van der Waals surface area (Å²) in [6.45, 7) is 6.00. The van der Waals surface area contributed by atoms with Crippen molar-refractivity contribution in [1.29, 1.82) is 0 Å². The molecule has 16 N–H and O–H groups in total. The van der Waals surface area contributed by atoms with E-state index < -0.39 is 122 Å². The van der Waals surface area contributed by atoms with Crippen LogP contribution >= 0.6 is 0 Å². The first-order valence-electron chi connectivity index (χ1n) is 33.7. The van der Waals surface area contributed by atoms with Crippen LogP contribution in [0.25, 0.3) is 0 Å². The van der Waals surface area contributed by atoms with Gasteiger partial charge in [-0.05, 0) is 38.8 Å². The van der Waals surface area contributed by atoms with Crippen molar-refractivity contribution in [1.82, 2.24) is 42.5 Å². The van der Waals surface area contributed by atoms with Crippen LogP contribution in [0.15, 0.2) is 11.8 Å². The van der Waals surface area contributed by atoms with Gasteiger partial charge in [0.15, 0.2) is 18.9 Å². The average Bonchev–Trinajstić information content (AvgIpc) is 0.915. The summed E-state index contributed by atoms with van der Waals surface area (Å²) in [5, 5.41) is 102. The number of hydrogen-bond donors (Lipinski definition) is 16. The van der Waals surface area contributed by atoms with Gasteiger partial charge < -0.3 is 154 Å². The molecule has 580 valence electrons. The Kier molecular flexibility index (Phi) is 47.8. The second kappa shape index (κ2) is 53.7. The van der Waals surface area contributed by atoms with Gasteiger partial charge >= 0.3 is 0 Å². The monoisotopic (exact) mass is 1450 g/mol. The lowest BCUT2D eigenvalue weighted by atomic mass is 9.83. The number of rotatable bonds is 57. The van der Waals surface area contributed by atoms with E-state index in [1.165, 1.54) is 26.8 Å². The number of amides is 7. The van der Waals surface area contributed by atoms with Crippen molar-refractivity contribution in [3.63, 3.8) is 0 Å².